The molecule has 1 fully saturated rings. The number of nitrogens with two attached hydrogens (primary N) is 1. The number of amides is 1. The predicted molar refractivity (Wildman–Crippen MR) is 72.2 cm³/mol. The lowest BCUT2D eigenvalue weighted by molar-refractivity contribution is -0.115. The maximum Gasteiger partial charge on any atom is 0.291 e. The maximum atomic E-state index is 11.8. The standard InChI is InChI=1S/C12H11ClN2O2.ClH/c13-7-1-2-10-9(5-7)15-12(16)11(17-10)6-3-8(14)4-6;/h1-2,5,8H,3-4,14H2,(H,15,16);1H. The number of nitrogens with one attached hydrogen (secondary N) is 1. The van der Waals surface area contributed by atoms with Crippen LogP contribution in [-0.4, -0.2) is 11.9 Å². The number of fused-ring (bicyclic) bond motifs is 1. The fourth-order valence-electron chi connectivity index (χ4n) is 2.02. The Hall–Kier alpha value is -1.23. The lowest BCUT2D eigenvalue weighted by Gasteiger charge is -2.30. The second-order valence-corrected chi connectivity index (χ2v) is 4.73. The molecular weight excluding hydrogens is 275 g/mol. The average Bonchev–Trinajstić information content (AvgIpc) is 2.24. The van der Waals surface area contributed by atoms with Crippen molar-refractivity contribution in [2.24, 2.45) is 5.73 Å². The zero-order valence-electron chi connectivity index (χ0n) is 9.40. The van der Waals surface area contributed by atoms with Crippen LogP contribution in [0.5, 0.6) is 5.75 Å². The summed E-state index contributed by atoms with van der Waals surface area (Å²) < 4.78 is 5.60. The topological polar surface area (TPSA) is 64.3 Å². The number of hydrogen-bond acceptors (Lipinski definition) is 3. The molecule has 1 aromatic carbocycles. The molecule has 1 heterocycles. The Balaban J connectivity index is 0.00000120. The number of halogens is 2. The van der Waals surface area contributed by atoms with E-state index in [1.54, 1.807) is 18.2 Å². The monoisotopic (exact) mass is 286 g/mol. The number of benzene rings is 1. The van der Waals surface area contributed by atoms with E-state index in [9.17, 15) is 4.79 Å². The Labute approximate surface area is 116 Å². The highest BCUT2D eigenvalue weighted by Gasteiger charge is 2.31. The number of ether oxygens (including phenoxy) is 1. The van der Waals surface area contributed by atoms with Crippen molar-refractivity contribution in [3.8, 4) is 5.75 Å². The van der Waals surface area contributed by atoms with Crippen LogP contribution in [0.2, 0.25) is 5.02 Å². The quantitative estimate of drug-likeness (QED) is 0.720. The SMILES string of the molecule is Cl.NC1CC(=C2Oc3ccc(Cl)cc3NC2=O)C1. The molecule has 6 heteroatoms. The van der Waals surface area contributed by atoms with Crippen molar-refractivity contribution in [1.82, 2.24) is 0 Å². The Kier molecular flexibility index (Phi) is 3.52. The van der Waals surface area contributed by atoms with Crippen molar-refractivity contribution in [3.63, 3.8) is 0 Å². The summed E-state index contributed by atoms with van der Waals surface area (Å²) in [5.41, 5.74) is 7.29. The molecule has 3 N–H and O–H groups in total. The van der Waals surface area contributed by atoms with Crippen LogP contribution in [0.1, 0.15) is 12.8 Å². The van der Waals surface area contributed by atoms with E-state index in [1.165, 1.54) is 0 Å². The molecule has 0 aromatic heterocycles. The third kappa shape index (κ3) is 2.19. The van der Waals surface area contributed by atoms with Gasteiger partial charge in [-0.2, -0.15) is 0 Å². The Morgan fingerprint density at radius 1 is 1.39 bits per heavy atom. The van der Waals surface area contributed by atoms with Gasteiger partial charge in [-0.15, -0.1) is 12.4 Å². The first kappa shape index (κ1) is 13.2. The molecule has 1 amide bonds. The van der Waals surface area contributed by atoms with E-state index in [0.717, 1.165) is 18.4 Å². The summed E-state index contributed by atoms with van der Waals surface area (Å²) in [4.78, 5) is 11.8. The van der Waals surface area contributed by atoms with Crippen molar-refractivity contribution in [1.29, 1.82) is 0 Å². The van der Waals surface area contributed by atoms with Gasteiger partial charge in [0.2, 0.25) is 0 Å². The van der Waals surface area contributed by atoms with Crippen LogP contribution in [0.15, 0.2) is 29.5 Å². The van der Waals surface area contributed by atoms with Gasteiger partial charge in [-0.1, -0.05) is 11.6 Å². The van der Waals surface area contributed by atoms with Gasteiger partial charge < -0.3 is 15.8 Å². The van der Waals surface area contributed by atoms with Crippen molar-refractivity contribution in [2.75, 3.05) is 5.32 Å². The number of hydrogen-bond donors (Lipinski definition) is 2. The van der Waals surface area contributed by atoms with Gasteiger partial charge in [0.1, 0.15) is 0 Å². The van der Waals surface area contributed by atoms with Crippen molar-refractivity contribution in [3.05, 3.63) is 34.6 Å². The molecule has 1 aromatic rings. The number of anilines is 1. The summed E-state index contributed by atoms with van der Waals surface area (Å²) in [7, 11) is 0. The van der Waals surface area contributed by atoms with Crippen molar-refractivity contribution >= 4 is 35.6 Å². The summed E-state index contributed by atoms with van der Waals surface area (Å²) in [6.45, 7) is 0. The van der Waals surface area contributed by atoms with E-state index in [0.29, 0.717) is 22.2 Å². The molecule has 3 rings (SSSR count). The molecule has 1 aliphatic carbocycles. The van der Waals surface area contributed by atoms with Gasteiger partial charge in [0.05, 0.1) is 5.69 Å². The van der Waals surface area contributed by atoms with Crippen molar-refractivity contribution < 1.29 is 9.53 Å². The molecule has 18 heavy (non-hydrogen) atoms. The highest BCUT2D eigenvalue weighted by atomic mass is 35.5. The first-order valence-electron chi connectivity index (χ1n) is 5.40. The lowest BCUT2D eigenvalue weighted by Crippen LogP contribution is -2.35. The highest BCUT2D eigenvalue weighted by molar-refractivity contribution is 6.31. The zero-order chi connectivity index (χ0) is 12.0. The Bertz CT molecular complexity index is 535. The molecule has 1 aliphatic heterocycles. The third-order valence-corrected chi connectivity index (χ3v) is 3.18. The maximum absolute atomic E-state index is 11.8. The fourth-order valence-corrected chi connectivity index (χ4v) is 2.19. The molecule has 2 aliphatic rings. The summed E-state index contributed by atoms with van der Waals surface area (Å²) >= 11 is 5.85. The van der Waals surface area contributed by atoms with E-state index >= 15 is 0 Å². The summed E-state index contributed by atoms with van der Waals surface area (Å²) in [5.74, 6) is 0.792. The summed E-state index contributed by atoms with van der Waals surface area (Å²) in [5, 5.41) is 3.33. The van der Waals surface area contributed by atoms with Gasteiger partial charge in [-0.3, -0.25) is 4.79 Å². The first-order valence-corrected chi connectivity index (χ1v) is 5.77. The minimum absolute atomic E-state index is 0. The Morgan fingerprint density at radius 2 is 2.11 bits per heavy atom. The number of carbonyl (C=O) groups excluding carboxylic acids is 1. The zero-order valence-corrected chi connectivity index (χ0v) is 11.0. The molecule has 96 valence electrons. The van der Waals surface area contributed by atoms with E-state index in [2.05, 4.69) is 5.32 Å². The van der Waals surface area contributed by atoms with Crippen LogP contribution in [0.4, 0.5) is 5.69 Å². The van der Waals surface area contributed by atoms with Gasteiger partial charge in [0.15, 0.2) is 11.5 Å². The highest BCUT2D eigenvalue weighted by Crippen LogP contribution is 2.37. The van der Waals surface area contributed by atoms with Crippen LogP contribution < -0.4 is 15.8 Å². The van der Waals surface area contributed by atoms with Gasteiger partial charge in [0, 0.05) is 11.1 Å². The largest absolute Gasteiger partial charge is 0.449 e. The predicted octanol–water partition coefficient (Wildman–Crippen LogP) is 2.47. The molecule has 0 radical (unpaired) electrons. The fraction of sp³-hybridized carbons (Fsp3) is 0.250. The third-order valence-electron chi connectivity index (χ3n) is 2.95. The summed E-state index contributed by atoms with van der Waals surface area (Å²) in [6.07, 6.45) is 1.46. The van der Waals surface area contributed by atoms with Crippen LogP contribution in [0.25, 0.3) is 0 Å². The molecule has 0 bridgehead atoms. The molecule has 0 unspecified atom stereocenters. The number of carbonyl (C=O) groups is 1. The molecule has 0 atom stereocenters. The van der Waals surface area contributed by atoms with Crippen LogP contribution in [0.3, 0.4) is 0 Å². The van der Waals surface area contributed by atoms with Gasteiger partial charge in [-0.05, 0) is 36.6 Å². The first-order chi connectivity index (χ1) is 8.13. The van der Waals surface area contributed by atoms with Gasteiger partial charge >= 0.3 is 0 Å². The van der Waals surface area contributed by atoms with E-state index in [-0.39, 0.29) is 24.4 Å². The van der Waals surface area contributed by atoms with Crippen molar-refractivity contribution in [2.45, 2.75) is 18.9 Å². The van der Waals surface area contributed by atoms with Gasteiger partial charge in [-0.25, -0.2) is 0 Å². The normalized spacial score (nSPS) is 21.2. The second-order valence-electron chi connectivity index (χ2n) is 4.30. The van der Waals surface area contributed by atoms with Crippen LogP contribution in [-0.2, 0) is 4.79 Å². The van der Waals surface area contributed by atoms with E-state index in [4.69, 9.17) is 22.1 Å². The molecule has 1 saturated carbocycles. The van der Waals surface area contributed by atoms with E-state index in [1.807, 2.05) is 0 Å². The lowest BCUT2D eigenvalue weighted by atomic mass is 9.86. The smallest absolute Gasteiger partial charge is 0.291 e. The molecule has 0 saturated heterocycles. The minimum atomic E-state index is -0.221. The molecule has 4 nitrogen and oxygen atoms in total. The molecular formula is C12H12Cl2N2O2. The molecule has 0 spiro atoms. The average molecular weight is 287 g/mol. The Morgan fingerprint density at radius 3 is 2.78 bits per heavy atom. The van der Waals surface area contributed by atoms with Crippen LogP contribution in [0, 0.1) is 0 Å². The van der Waals surface area contributed by atoms with Crippen LogP contribution >= 0.6 is 24.0 Å². The minimum Gasteiger partial charge on any atom is -0.449 e. The number of rotatable bonds is 0. The summed E-state index contributed by atoms with van der Waals surface area (Å²) in [6, 6.07) is 5.30. The van der Waals surface area contributed by atoms with E-state index < -0.39 is 0 Å². The second kappa shape index (κ2) is 4.80. The van der Waals surface area contributed by atoms with Gasteiger partial charge in [0.25, 0.3) is 5.91 Å².